The summed E-state index contributed by atoms with van der Waals surface area (Å²) in [6.07, 6.45) is 0. The maximum atomic E-state index is 11.1. The van der Waals surface area contributed by atoms with Crippen LogP contribution >= 0.6 is 11.8 Å². The van der Waals surface area contributed by atoms with Crippen molar-refractivity contribution >= 4 is 17.4 Å². The highest BCUT2D eigenvalue weighted by Gasteiger charge is 2.04. The summed E-state index contributed by atoms with van der Waals surface area (Å²) in [5, 5.41) is 6.98. The summed E-state index contributed by atoms with van der Waals surface area (Å²) in [5.74, 6) is 0.739. The van der Waals surface area contributed by atoms with Gasteiger partial charge in [-0.2, -0.15) is 0 Å². The Morgan fingerprint density at radius 1 is 1.56 bits per heavy atom. The molecule has 1 aromatic heterocycles. The number of nitrogen functional groups attached to an aromatic ring is 1. The minimum atomic E-state index is -0.199. The van der Waals surface area contributed by atoms with E-state index in [-0.39, 0.29) is 5.69 Å². The summed E-state index contributed by atoms with van der Waals surface area (Å²) in [6, 6.07) is 7.67. The summed E-state index contributed by atoms with van der Waals surface area (Å²) in [7, 11) is 1.69. The Balaban J connectivity index is 2.08. The molecule has 0 aliphatic rings. The van der Waals surface area contributed by atoms with Crippen LogP contribution in [0.15, 0.2) is 34.2 Å². The van der Waals surface area contributed by atoms with E-state index in [1.54, 1.807) is 7.05 Å². The Bertz CT molecular complexity index is 546. The second kappa shape index (κ2) is 4.44. The van der Waals surface area contributed by atoms with Gasteiger partial charge in [0, 0.05) is 18.5 Å². The van der Waals surface area contributed by atoms with E-state index in [2.05, 4.69) is 10.2 Å². The molecule has 2 rings (SSSR count). The van der Waals surface area contributed by atoms with E-state index in [0.717, 1.165) is 17.0 Å². The van der Waals surface area contributed by atoms with E-state index in [1.807, 2.05) is 24.3 Å². The van der Waals surface area contributed by atoms with E-state index >= 15 is 0 Å². The third-order valence-corrected chi connectivity index (χ3v) is 3.26. The molecule has 2 aromatic rings. The van der Waals surface area contributed by atoms with Crippen LogP contribution in [-0.2, 0) is 12.8 Å². The Hall–Kier alpha value is -1.69. The number of aromatic nitrogens is 3. The maximum absolute atomic E-state index is 11.1. The van der Waals surface area contributed by atoms with Crippen molar-refractivity contribution in [3.8, 4) is 0 Å². The summed E-state index contributed by atoms with van der Waals surface area (Å²) in [6.45, 7) is 0. The van der Waals surface area contributed by atoms with Crippen molar-refractivity contribution in [1.29, 1.82) is 0 Å². The second-order valence-electron chi connectivity index (χ2n) is 3.40. The minimum Gasteiger partial charge on any atom is -0.399 e. The molecule has 16 heavy (non-hydrogen) atoms. The largest absolute Gasteiger partial charge is 0.399 e. The van der Waals surface area contributed by atoms with E-state index in [4.69, 9.17) is 5.73 Å². The lowest BCUT2D eigenvalue weighted by atomic mass is 10.2. The van der Waals surface area contributed by atoms with Crippen molar-refractivity contribution < 1.29 is 0 Å². The van der Waals surface area contributed by atoms with E-state index in [9.17, 15) is 4.79 Å². The van der Waals surface area contributed by atoms with Crippen LogP contribution in [0.4, 0.5) is 5.69 Å². The molecular formula is C10H12N4OS. The summed E-state index contributed by atoms with van der Waals surface area (Å²) < 4.78 is 1.48. The molecule has 0 amide bonds. The fraction of sp³-hybridized carbons (Fsp3) is 0.200. The van der Waals surface area contributed by atoms with Gasteiger partial charge >= 0.3 is 5.69 Å². The molecule has 0 bridgehead atoms. The second-order valence-corrected chi connectivity index (χ2v) is 4.35. The van der Waals surface area contributed by atoms with Crippen molar-refractivity contribution in [3.05, 3.63) is 40.3 Å². The average molecular weight is 236 g/mol. The fourth-order valence-electron chi connectivity index (χ4n) is 1.29. The lowest BCUT2D eigenvalue weighted by Gasteiger charge is -2.01. The zero-order valence-electron chi connectivity index (χ0n) is 8.80. The molecular weight excluding hydrogens is 224 g/mol. The molecule has 0 atom stereocenters. The molecule has 0 aliphatic heterocycles. The van der Waals surface area contributed by atoms with Crippen molar-refractivity contribution in [1.82, 2.24) is 14.8 Å². The molecule has 0 saturated heterocycles. The van der Waals surface area contributed by atoms with Crippen molar-refractivity contribution in [3.63, 3.8) is 0 Å². The lowest BCUT2D eigenvalue weighted by molar-refractivity contribution is 0.766. The smallest absolute Gasteiger partial charge is 0.343 e. The molecule has 0 aliphatic carbocycles. The van der Waals surface area contributed by atoms with Crippen molar-refractivity contribution in [2.75, 3.05) is 5.73 Å². The molecule has 6 heteroatoms. The number of nitrogens with zero attached hydrogens (tertiary/aromatic N) is 2. The number of H-pyrrole nitrogens is 1. The number of nitrogens with two attached hydrogens (primary N) is 1. The van der Waals surface area contributed by atoms with Gasteiger partial charge in [-0.15, -0.1) is 5.10 Å². The monoisotopic (exact) mass is 236 g/mol. The molecule has 0 radical (unpaired) electrons. The van der Waals surface area contributed by atoms with Crippen LogP contribution in [0.5, 0.6) is 0 Å². The number of benzene rings is 1. The van der Waals surface area contributed by atoms with Gasteiger partial charge in [-0.25, -0.2) is 9.89 Å². The molecule has 1 aromatic carbocycles. The van der Waals surface area contributed by atoms with Gasteiger partial charge in [0.05, 0.1) is 0 Å². The number of anilines is 1. The van der Waals surface area contributed by atoms with Gasteiger partial charge in [0.25, 0.3) is 0 Å². The van der Waals surface area contributed by atoms with Crippen LogP contribution in [0.25, 0.3) is 0 Å². The zero-order valence-corrected chi connectivity index (χ0v) is 9.62. The van der Waals surface area contributed by atoms with E-state index in [1.165, 1.54) is 16.3 Å². The molecule has 1 heterocycles. The first-order valence-corrected chi connectivity index (χ1v) is 5.74. The highest BCUT2D eigenvalue weighted by atomic mass is 32.2. The Morgan fingerprint density at radius 2 is 2.38 bits per heavy atom. The first-order valence-electron chi connectivity index (χ1n) is 4.75. The highest BCUT2D eigenvalue weighted by Crippen LogP contribution is 2.19. The van der Waals surface area contributed by atoms with Gasteiger partial charge in [-0.3, -0.25) is 4.57 Å². The van der Waals surface area contributed by atoms with Crippen LogP contribution in [-0.4, -0.2) is 14.8 Å². The standard InChI is InChI=1S/C10H12N4OS/c1-14-9(15)12-13-10(14)16-6-7-3-2-4-8(11)5-7/h2-5H,6,11H2,1H3,(H,12,15). The normalized spacial score (nSPS) is 10.6. The number of rotatable bonds is 3. The summed E-state index contributed by atoms with van der Waals surface area (Å²) in [5.41, 5.74) is 7.33. The SMILES string of the molecule is Cn1c(SCc2cccc(N)c2)n[nH]c1=O. The summed E-state index contributed by atoms with van der Waals surface area (Å²) in [4.78, 5) is 11.1. The fourth-order valence-corrected chi connectivity index (χ4v) is 2.15. The third-order valence-electron chi connectivity index (χ3n) is 2.16. The van der Waals surface area contributed by atoms with Crippen molar-refractivity contribution in [2.45, 2.75) is 10.9 Å². The minimum absolute atomic E-state index is 0.199. The number of aromatic amines is 1. The van der Waals surface area contributed by atoms with Gasteiger partial charge in [0.15, 0.2) is 5.16 Å². The van der Waals surface area contributed by atoms with Gasteiger partial charge in [0.1, 0.15) is 0 Å². The van der Waals surface area contributed by atoms with Gasteiger partial charge in [-0.05, 0) is 17.7 Å². The first kappa shape index (κ1) is 10.8. The van der Waals surface area contributed by atoms with Crippen LogP contribution in [0, 0.1) is 0 Å². The molecule has 0 saturated carbocycles. The predicted octanol–water partition coefficient (Wildman–Crippen LogP) is 0.983. The number of hydrogen-bond acceptors (Lipinski definition) is 4. The molecule has 3 N–H and O–H groups in total. The van der Waals surface area contributed by atoms with Gasteiger partial charge in [-0.1, -0.05) is 23.9 Å². The van der Waals surface area contributed by atoms with Crippen LogP contribution < -0.4 is 11.4 Å². The maximum Gasteiger partial charge on any atom is 0.343 e. The van der Waals surface area contributed by atoms with Crippen molar-refractivity contribution in [2.24, 2.45) is 7.05 Å². The molecule has 0 fully saturated rings. The quantitative estimate of drug-likeness (QED) is 0.615. The summed E-state index contributed by atoms with van der Waals surface area (Å²) >= 11 is 1.49. The van der Waals surface area contributed by atoms with E-state index in [0.29, 0.717) is 5.16 Å². The Kier molecular flexibility index (Phi) is 3.00. The molecule has 0 unspecified atom stereocenters. The number of thioether (sulfide) groups is 1. The lowest BCUT2D eigenvalue weighted by Crippen LogP contribution is -2.12. The van der Waals surface area contributed by atoms with Gasteiger partial charge < -0.3 is 5.73 Å². The van der Waals surface area contributed by atoms with Crippen LogP contribution in [0.1, 0.15) is 5.56 Å². The third kappa shape index (κ3) is 2.27. The molecule has 5 nitrogen and oxygen atoms in total. The average Bonchev–Trinajstić information content (AvgIpc) is 2.57. The van der Waals surface area contributed by atoms with Gasteiger partial charge in [0.2, 0.25) is 0 Å². The zero-order chi connectivity index (χ0) is 11.5. The highest BCUT2D eigenvalue weighted by molar-refractivity contribution is 7.98. The number of nitrogens with one attached hydrogen (secondary N) is 1. The number of hydrogen-bond donors (Lipinski definition) is 2. The Morgan fingerprint density at radius 3 is 3.00 bits per heavy atom. The molecule has 0 spiro atoms. The predicted molar refractivity (Wildman–Crippen MR) is 64.2 cm³/mol. The van der Waals surface area contributed by atoms with E-state index < -0.39 is 0 Å². The topological polar surface area (TPSA) is 76.7 Å². The Labute approximate surface area is 96.7 Å². The van der Waals surface area contributed by atoms with Crippen LogP contribution in [0.2, 0.25) is 0 Å². The van der Waals surface area contributed by atoms with Crippen LogP contribution in [0.3, 0.4) is 0 Å². The first-order chi connectivity index (χ1) is 7.66. The molecule has 84 valence electrons.